The van der Waals surface area contributed by atoms with Gasteiger partial charge in [-0.25, -0.2) is 0 Å². The van der Waals surface area contributed by atoms with Gasteiger partial charge in [0.2, 0.25) is 5.91 Å². The quantitative estimate of drug-likeness (QED) is 0.779. The maximum Gasteiger partial charge on any atom is 0.238 e. The Balaban J connectivity index is 1.82. The van der Waals surface area contributed by atoms with E-state index >= 15 is 0 Å². The van der Waals surface area contributed by atoms with Gasteiger partial charge in [-0.05, 0) is 6.92 Å². The predicted octanol–water partition coefficient (Wildman–Crippen LogP) is 0.0637. The molecule has 16 heavy (non-hydrogen) atoms. The summed E-state index contributed by atoms with van der Waals surface area (Å²) in [6.07, 6.45) is 3.39. The van der Waals surface area contributed by atoms with Crippen molar-refractivity contribution in [2.45, 2.75) is 19.5 Å². The number of amides is 1. The van der Waals surface area contributed by atoms with Gasteiger partial charge in [0.15, 0.2) is 0 Å². The summed E-state index contributed by atoms with van der Waals surface area (Å²) < 4.78 is 0. The highest BCUT2D eigenvalue weighted by atomic mass is 32.2. The summed E-state index contributed by atoms with van der Waals surface area (Å²) in [5, 5.41) is 5.96. The number of nitrogens with one attached hydrogen (secondary N) is 2. The zero-order valence-corrected chi connectivity index (χ0v) is 9.88. The standard InChI is InChI=1S/C10H14N4OS/c1-7-2-12-8(3-11-7)4-13-10(15)9-5-16-6-14-9/h2-3,9,14H,4-6H2,1H3,(H,13,15). The van der Waals surface area contributed by atoms with E-state index in [9.17, 15) is 4.79 Å². The van der Waals surface area contributed by atoms with Crippen LogP contribution in [0.1, 0.15) is 11.4 Å². The molecular weight excluding hydrogens is 224 g/mol. The number of thioether (sulfide) groups is 1. The van der Waals surface area contributed by atoms with Crippen LogP contribution in [0, 0.1) is 6.92 Å². The third-order valence-electron chi connectivity index (χ3n) is 2.31. The van der Waals surface area contributed by atoms with E-state index in [0.717, 1.165) is 23.0 Å². The van der Waals surface area contributed by atoms with E-state index in [1.54, 1.807) is 24.2 Å². The summed E-state index contributed by atoms with van der Waals surface area (Å²) in [6, 6.07) is -0.0663. The monoisotopic (exact) mass is 238 g/mol. The van der Waals surface area contributed by atoms with Gasteiger partial charge in [0, 0.05) is 17.8 Å². The first-order chi connectivity index (χ1) is 7.75. The van der Waals surface area contributed by atoms with E-state index in [1.165, 1.54) is 0 Å². The van der Waals surface area contributed by atoms with Crippen LogP contribution in [0.3, 0.4) is 0 Å². The first kappa shape index (κ1) is 11.3. The van der Waals surface area contributed by atoms with Crippen molar-refractivity contribution in [3.63, 3.8) is 0 Å². The maximum absolute atomic E-state index is 11.7. The fourth-order valence-electron chi connectivity index (χ4n) is 1.38. The van der Waals surface area contributed by atoms with Crippen LogP contribution in [0.25, 0.3) is 0 Å². The van der Waals surface area contributed by atoms with Gasteiger partial charge in [-0.15, -0.1) is 11.8 Å². The first-order valence-electron chi connectivity index (χ1n) is 5.12. The van der Waals surface area contributed by atoms with E-state index in [1.807, 2.05) is 6.92 Å². The Morgan fingerprint density at radius 2 is 2.50 bits per heavy atom. The molecule has 0 spiro atoms. The topological polar surface area (TPSA) is 66.9 Å². The van der Waals surface area contributed by atoms with Crippen molar-refractivity contribution in [3.8, 4) is 0 Å². The van der Waals surface area contributed by atoms with Crippen LogP contribution in [0.15, 0.2) is 12.4 Å². The molecule has 1 aliphatic heterocycles. The average molecular weight is 238 g/mol. The van der Waals surface area contributed by atoms with Crippen LogP contribution in [0.2, 0.25) is 0 Å². The molecule has 1 unspecified atom stereocenters. The summed E-state index contributed by atoms with van der Waals surface area (Å²) in [5.74, 6) is 1.72. The summed E-state index contributed by atoms with van der Waals surface area (Å²) in [6.45, 7) is 2.32. The minimum atomic E-state index is -0.0663. The number of hydrogen-bond acceptors (Lipinski definition) is 5. The predicted molar refractivity (Wildman–Crippen MR) is 62.9 cm³/mol. The number of rotatable bonds is 3. The van der Waals surface area contributed by atoms with Crippen molar-refractivity contribution in [1.82, 2.24) is 20.6 Å². The third-order valence-corrected chi connectivity index (χ3v) is 3.25. The summed E-state index contributed by atoms with van der Waals surface area (Å²) in [4.78, 5) is 19.9. The molecule has 0 aromatic carbocycles. The fourth-order valence-corrected chi connectivity index (χ4v) is 2.32. The Bertz CT molecular complexity index is 362. The molecule has 0 radical (unpaired) electrons. The van der Waals surface area contributed by atoms with Crippen molar-refractivity contribution >= 4 is 17.7 Å². The molecule has 86 valence electrons. The van der Waals surface area contributed by atoms with Gasteiger partial charge in [0.1, 0.15) is 0 Å². The second-order valence-electron chi connectivity index (χ2n) is 3.64. The Morgan fingerprint density at radius 3 is 3.12 bits per heavy atom. The Kier molecular flexibility index (Phi) is 3.74. The molecule has 2 N–H and O–H groups in total. The van der Waals surface area contributed by atoms with Crippen molar-refractivity contribution < 1.29 is 4.79 Å². The van der Waals surface area contributed by atoms with Crippen LogP contribution in [0.4, 0.5) is 0 Å². The van der Waals surface area contributed by atoms with Crippen molar-refractivity contribution in [2.24, 2.45) is 0 Å². The molecule has 0 aliphatic carbocycles. The van der Waals surface area contributed by atoms with Crippen LogP contribution in [0.5, 0.6) is 0 Å². The molecule has 1 amide bonds. The van der Waals surface area contributed by atoms with E-state index in [0.29, 0.717) is 6.54 Å². The lowest BCUT2D eigenvalue weighted by Crippen LogP contribution is -2.41. The molecule has 1 aliphatic rings. The third kappa shape index (κ3) is 2.93. The van der Waals surface area contributed by atoms with Gasteiger partial charge in [0.25, 0.3) is 0 Å². The molecule has 1 saturated heterocycles. The number of nitrogens with zero attached hydrogens (tertiary/aromatic N) is 2. The molecule has 1 atom stereocenters. The molecule has 1 fully saturated rings. The first-order valence-corrected chi connectivity index (χ1v) is 6.27. The van der Waals surface area contributed by atoms with Crippen molar-refractivity contribution in [1.29, 1.82) is 0 Å². The molecule has 2 heterocycles. The molecule has 5 nitrogen and oxygen atoms in total. The molecule has 0 saturated carbocycles. The second-order valence-corrected chi connectivity index (χ2v) is 4.67. The normalized spacial score (nSPS) is 19.7. The highest BCUT2D eigenvalue weighted by Gasteiger charge is 2.21. The summed E-state index contributed by atoms with van der Waals surface area (Å²) >= 11 is 1.73. The zero-order valence-electron chi connectivity index (χ0n) is 9.06. The van der Waals surface area contributed by atoms with E-state index in [4.69, 9.17) is 0 Å². The maximum atomic E-state index is 11.7. The smallest absolute Gasteiger partial charge is 0.238 e. The fraction of sp³-hybridized carbons (Fsp3) is 0.500. The van der Waals surface area contributed by atoms with E-state index < -0.39 is 0 Å². The SMILES string of the molecule is Cc1cnc(CNC(=O)C2CSCN2)cn1. The number of aryl methyl sites for hydroxylation is 1. The highest BCUT2D eigenvalue weighted by molar-refractivity contribution is 7.99. The van der Waals surface area contributed by atoms with E-state index in [-0.39, 0.29) is 11.9 Å². The van der Waals surface area contributed by atoms with Gasteiger partial charge < -0.3 is 5.32 Å². The average Bonchev–Trinajstić information content (AvgIpc) is 2.81. The lowest BCUT2D eigenvalue weighted by atomic mass is 10.3. The molecule has 1 aromatic heterocycles. The Hall–Kier alpha value is -1.14. The van der Waals surface area contributed by atoms with Crippen LogP contribution in [-0.2, 0) is 11.3 Å². The van der Waals surface area contributed by atoms with Gasteiger partial charge >= 0.3 is 0 Å². The lowest BCUT2D eigenvalue weighted by molar-refractivity contribution is -0.122. The minimum Gasteiger partial charge on any atom is -0.349 e. The Morgan fingerprint density at radius 1 is 1.62 bits per heavy atom. The van der Waals surface area contributed by atoms with Crippen molar-refractivity contribution in [3.05, 3.63) is 23.8 Å². The number of carbonyl (C=O) groups excluding carboxylic acids is 1. The molecular formula is C10H14N4OS. The number of aromatic nitrogens is 2. The summed E-state index contributed by atoms with van der Waals surface area (Å²) in [5.41, 5.74) is 1.66. The zero-order chi connectivity index (χ0) is 11.4. The van der Waals surface area contributed by atoms with Crippen molar-refractivity contribution in [2.75, 3.05) is 11.6 Å². The van der Waals surface area contributed by atoms with Gasteiger partial charge in [-0.2, -0.15) is 0 Å². The largest absolute Gasteiger partial charge is 0.349 e. The van der Waals surface area contributed by atoms with Crippen LogP contribution < -0.4 is 10.6 Å². The second kappa shape index (κ2) is 5.27. The molecule has 0 bridgehead atoms. The molecule has 2 rings (SSSR count). The summed E-state index contributed by atoms with van der Waals surface area (Å²) in [7, 11) is 0. The van der Waals surface area contributed by atoms with Crippen LogP contribution in [-0.4, -0.2) is 33.5 Å². The number of hydrogen-bond donors (Lipinski definition) is 2. The van der Waals surface area contributed by atoms with Gasteiger partial charge in [0.05, 0.1) is 30.2 Å². The van der Waals surface area contributed by atoms with E-state index in [2.05, 4.69) is 20.6 Å². The number of carbonyl (C=O) groups is 1. The van der Waals surface area contributed by atoms with Gasteiger partial charge in [-0.1, -0.05) is 0 Å². The molecule has 1 aromatic rings. The Labute approximate surface area is 98.4 Å². The molecule has 6 heteroatoms. The lowest BCUT2D eigenvalue weighted by Gasteiger charge is -2.09. The minimum absolute atomic E-state index is 0.0346. The highest BCUT2D eigenvalue weighted by Crippen LogP contribution is 2.09. The van der Waals surface area contributed by atoms with Gasteiger partial charge in [-0.3, -0.25) is 20.1 Å². The van der Waals surface area contributed by atoms with Crippen LogP contribution >= 0.6 is 11.8 Å².